The Morgan fingerprint density at radius 1 is 1.15 bits per heavy atom. The second-order valence-corrected chi connectivity index (χ2v) is 7.03. The average Bonchev–Trinajstić information content (AvgIpc) is 2.97. The topological polar surface area (TPSA) is 47.2 Å². The van der Waals surface area contributed by atoms with Crippen molar-refractivity contribution in [1.82, 2.24) is 9.13 Å². The van der Waals surface area contributed by atoms with Crippen LogP contribution in [0.25, 0.3) is 11.0 Å². The van der Waals surface area contributed by atoms with Crippen LogP contribution < -0.4 is 5.69 Å². The molecule has 0 saturated heterocycles. The van der Waals surface area contributed by atoms with Crippen molar-refractivity contribution in [1.29, 1.82) is 0 Å². The first-order valence-corrected chi connectivity index (χ1v) is 7.73. The van der Waals surface area contributed by atoms with E-state index in [1.54, 1.807) is 23.2 Å². The van der Waals surface area contributed by atoms with Crippen molar-refractivity contribution in [3.8, 4) is 0 Å². The highest BCUT2D eigenvalue weighted by Gasteiger charge is 2.15. The normalized spacial score (nSPS) is 13.0. The molecule has 1 unspecified atom stereocenters. The molecule has 1 aromatic carbocycles. The minimum absolute atomic E-state index is 0.0649. The summed E-state index contributed by atoms with van der Waals surface area (Å²) in [4.78, 5) is 11.9. The number of benzene rings is 1. The molecule has 0 bridgehead atoms. The third-order valence-corrected chi connectivity index (χ3v) is 5.04. The van der Waals surface area contributed by atoms with Crippen molar-refractivity contribution >= 4 is 38.3 Å². The Morgan fingerprint density at radius 2 is 1.85 bits per heavy atom. The van der Waals surface area contributed by atoms with Crippen molar-refractivity contribution in [2.24, 2.45) is 14.1 Å². The van der Waals surface area contributed by atoms with Crippen LogP contribution in [0.4, 0.5) is 0 Å². The number of aromatic nitrogens is 2. The molecule has 104 valence electrons. The number of fused-ring (bicyclic) bond motifs is 1. The quantitative estimate of drug-likeness (QED) is 0.770. The molecule has 6 heteroatoms. The molecule has 0 saturated carbocycles. The molecule has 0 amide bonds. The van der Waals surface area contributed by atoms with E-state index < -0.39 is 6.10 Å². The van der Waals surface area contributed by atoms with Crippen molar-refractivity contribution in [3.63, 3.8) is 0 Å². The summed E-state index contributed by atoms with van der Waals surface area (Å²) in [5.74, 6) is 0. The summed E-state index contributed by atoms with van der Waals surface area (Å²) in [6.45, 7) is 0. The summed E-state index contributed by atoms with van der Waals surface area (Å²) in [5, 5.41) is 12.3. The van der Waals surface area contributed by atoms with Crippen LogP contribution in [0.2, 0.25) is 0 Å². The number of halogens is 1. The highest BCUT2D eigenvalue weighted by atomic mass is 79.9. The zero-order valence-corrected chi connectivity index (χ0v) is 13.4. The zero-order valence-electron chi connectivity index (χ0n) is 11.0. The van der Waals surface area contributed by atoms with Gasteiger partial charge in [-0.15, -0.1) is 11.3 Å². The molecule has 1 N–H and O–H groups in total. The van der Waals surface area contributed by atoms with Gasteiger partial charge in [-0.25, -0.2) is 4.79 Å². The maximum Gasteiger partial charge on any atom is 0.328 e. The zero-order chi connectivity index (χ0) is 14.4. The van der Waals surface area contributed by atoms with Gasteiger partial charge in [0.05, 0.1) is 14.8 Å². The third kappa shape index (κ3) is 2.04. The van der Waals surface area contributed by atoms with Crippen molar-refractivity contribution in [2.75, 3.05) is 0 Å². The Morgan fingerprint density at radius 3 is 2.50 bits per heavy atom. The Kier molecular flexibility index (Phi) is 3.32. The number of imidazole rings is 1. The van der Waals surface area contributed by atoms with Gasteiger partial charge < -0.3 is 5.11 Å². The molecule has 0 radical (unpaired) electrons. The van der Waals surface area contributed by atoms with E-state index in [9.17, 15) is 9.90 Å². The molecule has 1 atom stereocenters. The Hall–Kier alpha value is -1.37. The summed E-state index contributed by atoms with van der Waals surface area (Å²) in [5.41, 5.74) is 3.25. The lowest BCUT2D eigenvalue weighted by atomic mass is 10.0. The second kappa shape index (κ2) is 4.87. The van der Waals surface area contributed by atoms with Crippen LogP contribution in [-0.4, -0.2) is 14.2 Å². The van der Waals surface area contributed by atoms with Crippen LogP contribution in [0.1, 0.15) is 17.2 Å². The number of aryl methyl sites for hydroxylation is 2. The lowest BCUT2D eigenvalue weighted by molar-refractivity contribution is 0.221. The minimum atomic E-state index is -0.683. The van der Waals surface area contributed by atoms with Gasteiger partial charge >= 0.3 is 5.69 Å². The fourth-order valence-corrected chi connectivity index (χ4v) is 3.55. The summed E-state index contributed by atoms with van der Waals surface area (Å²) in [7, 11) is 3.48. The summed E-state index contributed by atoms with van der Waals surface area (Å²) in [6, 6.07) is 7.51. The molecule has 2 heterocycles. The van der Waals surface area contributed by atoms with Crippen LogP contribution >= 0.6 is 27.3 Å². The lowest BCUT2D eigenvalue weighted by Crippen LogP contribution is -2.19. The molecule has 20 heavy (non-hydrogen) atoms. The molecule has 0 aliphatic heterocycles. The molecule has 3 aromatic rings. The van der Waals surface area contributed by atoms with Crippen molar-refractivity contribution in [2.45, 2.75) is 6.10 Å². The van der Waals surface area contributed by atoms with E-state index in [2.05, 4.69) is 15.9 Å². The second-order valence-electron chi connectivity index (χ2n) is 4.74. The van der Waals surface area contributed by atoms with Gasteiger partial charge in [0.25, 0.3) is 0 Å². The summed E-state index contributed by atoms with van der Waals surface area (Å²) >= 11 is 4.93. The fraction of sp³-hybridized carbons (Fsp3) is 0.214. The first-order valence-electron chi connectivity index (χ1n) is 6.06. The van der Waals surface area contributed by atoms with Crippen LogP contribution in [0, 0.1) is 0 Å². The molecule has 0 aliphatic carbocycles. The van der Waals surface area contributed by atoms with Crippen molar-refractivity contribution < 1.29 is 5.11 Å². The Bertz CT molecular complexity index is 847. The molecule has 2 aromatic heterocycles. The predicted octanol–water partition coefficient (Wildman–Crippen LogP) is 2.78. The van der Waals surface area contributed by atoms with Gasteiger partial charge in [0, 0.05) is 14.1 Å². The van der Waals surface area contributed by atoms with Gasteiger partial charge in [0.2, 0.25) is 0 Å². The number of rotatable bonds is 2. The van der Waals surface area contributed by atoms with Gasteiger partial charge in [-0.1, -0.05) is 6.07 Å². The molecular formula is C14H13BrN2O2S. The number of aliphatic hydroxyl groups excluding tert-OH is 1. The number of hydrogen-bond acceptors (Lipinski definition) is 3. The molecule has 0 fully saturated rings. The third-order valence-electron chi connectivity index (χ3n) is 3.52. The molecule has 4 nitrogen and oxygen atoms in total. The monoisotopic (exact) mass is 352 g/mol. The van der Waals surface area contributed by atoms with Crippen LogP contribution in [0.15, 0.2) is 38.2 Å². The number of thiophene rings is 1. The van der Waals surface area contributed by atoms with Gasteiger partial charge in [-0.3, -0.25) is 9.13 Å². The SMILES string of the molecule is Cn1c(=O)n(C)c2cc(C(O)c3csc(Br)c3)ccc21. The fourth-order valence-electron chi connectivity index (χ4n) is 2.35. The minimum Gasteiger partial charge on any atom is -0.384 e. The Labute approximate surface area is 128 Å². The van der Waals surface area contributed by atoms with Gasteiger partial charge in [-0.05, 0) is 50.6 Å². The number of aliphatic hydroxyl groups is 1. The maximum absolute atomic E-state index is 11.9. The lowest BCUT2D eigenvalue weighted by Gasteiger charge is -2.09. The predicted molar refractivity (Wildman–Crippen MR) is 84.2 cm³/mol. The van der Waals surface area contributed by atoms with E-state index in [0.29, 0.717) is 0 Å². The van der Waals surface area contributed by atoms with E-state index in [-0.39, 0.29) is 5.69 Å². The van der Waals surface area contributed by atoms with Crippen LogP contribution in [-0.2, 0) is 14.1 Å². The molecular weight excluding hydrogens is 340 g/mol. The van der Waals surface area contributed by atoms with Crippen LogP contribution in [0.3, 0.4) is 0 Å². The van der Waals surface area contributed by atoms with Gasteiger partial charge in [0.1, 0.15) is 6.10 Å². The van der Waals surface area contributed by atoms with E-state index in [4.69, 9.17) is 0 Å². The van der Waals surface area contributed by atoms with E-state index in [1.807, 2.05) is 29.6 Å². The van der Waals surface area contributed by atoms with E-state index >= 15 is 0 Å². The standard InChI is InChI=1S/C14H13BrN2O2S/c1-16-10-4-3-8(5-11(10)17(2)14(16)19)13(18)9-6-12(15)20-7-9/h3-7,13,18H,1-2H3. The summed E-state index contributed by atoms with van der Waals surface area (Å²) < 4.78 is 4.18. The molecule has 0 spiro atoms. The highest BCUT2D eigenvalue weighted by Crippen LogP contribution is 2.30. The van der Waals surface area contributed by atoms with Gasteiger partial charge in [-0.2, -0.15) is 0 Å². The number of nitrogens with zero attached hydrogens (tertiary/aromatic N) is 2. The first kappa shape index (κ1) is 13.6. The molecule has 3 rings (SSSR count). The maximum atomic E-state index is 11.9. The largest absolute Gasteiger partial charge is 0.384 e. The Balaban J connectivity index is 2.14. The van der Waals surface area contributed by atoms with E-state index in [0.717, 1.165) is 25.9 Å². The molecule has 0 aliphatic rings. The van der Waals surface area contributed by atoms with Crippen LogP contribution in [0.5, 0.6) is 0 Å². The first-order chi connectivity index (χ1) is 9.49. The van der Waals surface area contributed by atoms with E-state index in [1.165, 1.54) is 11.3 Å². The highest BCUT2D eigenvalue weighted by molar-refractivity contribution is 9.11. The van der Waals surface area contributed by atoms with Crippen molar-refractivity contribution in [3.05, 3.63) is 55.0 Å². The smallest absolute Gasteiger partial charge is 0.328 e. The number of hydrogen-bond donors (Lipinski definition) is 1. The van der Waals surface area contributed by atoms with Gasteiger partial charge in [0.15, 0.2) is 0 Å². The summed E-state index contributed by atoms with van der Waals surface area (Å²) in [6.07, 6.45) is -0.683. The average molecular weight is 353 g/mol.